The van der Waals surface area contributed by atoms with Crippen molar-refractivity contribution in [3.8, 4) is 5.69 Å². The summed E-state index contributed by atoms with van der Waals surface area (Å²) < 4.78 is 28.8. The number of benzene rings is 2. The van der Waals surface area contributed by atoms with Crippen molar-refractivity contribution in [2.45, 2.75) is 12.8 Å². The van der Waals surface area contributed by atoms with Crippen molar-refractivity contribution < 1.29 is 18.7 Å². The highest BCUT2D eigenvalue weighted by Crippen LogP contribution is 2.27. The summed E-state index contributed by atoms with van der Waals surface area (Å²) in [6.07, 6.45) is 2.13. The van der Waals surface area contributed by atoms with E-state index in [1.54, 1.807) is 12.1 Å². The van der Waals surface area contributed by atoms with Crippen molar-refractivity contribution in [2.75, 3.05) is 18.0 Å². The van der Waals surface area contributed by atoms with Gasteiger partial charge in [-0.3, -0.25) is 9.36 Å². The van der Waals surface area contributed by atoms with Crippen molar-refractivity contribution in [2.24, 2.45) is 0 Å². The quantitative estimate of drug-likeness (QED) is 0.766. The molecule has 27 heavy (non-hydrogen) atoms. The van der Waals surface area contributed by atoms with Crippen LogP contribution >= 0.6 is 0 Å². The van der Waals surface area contributed by atoms with Crippen molar-refractivity contribution in [3.63, 3.8) is 0 Å². The predicted molar refractivity (Wildman–Crippen MR) is 97.9 cm³/mol. The SMILES string of the molecule is O=C(O)c1cc2ccc(N3CCCC3)cc2n(-c2ccc(F)cc2F)c1=O. The van der Waals surface area contributed by atoms with E-state index in [4.69, 9.17) is 0 Å². The van der Waals surface area contributed by atoms with E-state index in [0.29, 0.717) is 17.0 Å². The topological polar surface area (TPSA) is 62.5 Å². The highest BCUT2D eigenvalue weighted by molar-refractivity contribution is 5.94. The van der Waals surface area contributed by atoms with Crippen LogP contribution < -0.4 is 10.5 Å². The molecular weight excluding hydrogens is 354 g/mol. The Balaban J connectivity index is 2.05. The second-order valence-corrected chi connectivity index (χ2v) is 6.54. The van der Waals surface area contributed by atoms with Gasteiger partial charge in [-0.2, -0.15) is 0 Å². The van der Waals surface area contributed by atoms with Gasteiger partial charge in [0.1, 0.15) is 17.2 Å². The van der Waals surface area contributed by atoms with Crippen LogP contribution in [0.2, 0.25) is 0 Å². The standard InChI is InChI=1S/C20H16F2N2O3/c21-13-4-6-17(16(22)10-13)24-18-11-14(23-7-1-2-8-23)5-3-12(18)9-15(19(24)25)20(26)27/h3-6,9-11H,1-2,7-8H2,(H,26,27). The molecule has 2 heterocycles. The molecule has 0 radical (unpaired) electrons. The van der Waals surface area contributed by atoms with Crippen LogP contribution in [0, 0.1) is 11.6 Å². The summed E-state index contributed by atoms with van der Waals surface area (Å²) >= 11 is 0. The molecule has 1 aliphatic rings. The second kappa shape index (κ2) is 6.50. The Kier molecular flexibility index (Phi) is 4.14. The lowest BCUT2D eigenvalue weighted by atomic mass is 10.1. The number of nitrogens with zero attached hydrogens (tertiary/aromatic N) is 2. The number of aromatic nitrogens is 1. The molecule has 138 valence electrons. The number of anilines is 1. The third-order valence-corrected chi connectivity index (χ3v) is 4.84. The first-order valence-corrected chi connectivity index (χ1v) is 8.59. The maximum Gasteiger partial charge on any atom is 0.341 e. The summed E-state index contributed by atoms with van der Waals surface area (Å²) in [5.74, 6) is -3.12. The Hall–Kier alpha value is -3.22. The van der Waals surface area contributed by atoms with E-state index in [2.05, 4.69) is 4.90 Å². The van der Waals surface area contributed by atoms with Gasteiger partial charge in [-0.25, -0.2) is 13.6 Å². The van der Waals surface area contributed by atoms with E-state index < -0.39 is 28.7 Å². The van der Waals surface area contributed by atoms with Gasteiger partial charge in [-0.1, -0.05) is 6.07 Å². The van der Waals surface area contributed by atoms with Crippen molar-refractivity contribution >= 4 is 22.6 Å². The largest absolute Gasteiger partial charge is 0.477 e. The zero-order valence-corrected chi connectivity index (χ0v) is 14.3. The number of halogens is 2. The van der Waals surface area contributed by atoms with E-state index >= 15 is 0 Å². The first kappa shape index (κ1) is 17.2. The molecule has 1 N–H and O–H groups in total. The fourth-order valence-electron chi connectivity index (χ4n) is 3.52. The van der Waals surface area contributed by atoms with Crippen LogP contribution in [0.1, 0.15) is 23.2 Å². The number of rotatable bonds is 3. The molecule has 3 aromatic rings. The van der Waals surface area contributed by atoms with Gasteiger partial charge in [-0.05, 0) is 48.6 Å². The number of pyridine rings is 1. The lowest BCUT2D eigenvalue weighted by Crippen LogP contribution is -2.26. The van der Waals surface area contributed by atoms with Crippen LogP contribution in [0.4, 0.5) is 14.5 Å². The number of hydrogen-bond donors (Lipinski definition) is 1. The Labute approximate surface area is 153 Å². The summed E-state index contributed by atoms with van der Waals surface area (Å²) in [5.41, 5.74) is -0.272. The molecule has 4 rings (SSSR count). The fourth-order valence-corrected chi connectivity index (χ4v) is 3.52. The van der Waals surface area contributed by atoms with E-state index in [1.165, 1.54) is 6.07 Å². The third-order valence-electron chi connectivity index (χ3n) is 4.84. The number of fused-ring (bicyclic) bond motifs is 1. The molecule has 0 aliphatic carbocycles. The minimum absolute atomic E-state index is 0.187. The van der Waals surface area contributed by atoms with Gasteiger partial charge < -0.3 is 10.0 Å². The van der Waals surface area contributed by atoms with E-state index in [-0.39, 0.29) is 5.69 Å². The molecule has 1 aromatic heterocycles. The Bertz CT molecular complexity index is 1120. The van der Waals surface area contributed by atoms with Crippen LogP contribution in [-0.4, -0.2) is 28.7 Å². The predicted octanol–water partition coefficient (Wildman–Crippen LogP) is 3.57. The molecule has 7 heteroatoms. The van der Waals surface area contributed by atoms with E-state index in [0.717, 1.165) is 48.3 Å². The molecule has 1 saturated heterocycles. The monoisotopic (exact) mass is 370 g/mol. The van der Waals surface area contributed by atoms with Crippen molar-refractivity contribution in [1.29, 1.82) is 0 Å². The molecule has 0 bridgehead atoms. The zero-order valence-electron chi connectivity index (χ0n) is 14.3. The van der Waals surface area contributed by atoms with Gasteiger partial charge in [0.25, 0.3) is 5.56 Å². The maximum atomic E-state index is 14.4. The molecule has 1 aliphatic heterocycles. The van der Waals surface area contributed by atoms with Gasteiger partial charge in [0.15, 0.2) is 0 Å². The van der Waals surface area contributed by atoms with Gasteiger partial charge in [0, 0.05) is 24.8 Å². The Morgan fingerprint density at radius 1 is 1.00 bits per heavy atom. The van der Waals surface area contributed by atoms with Crippen LogP contribution in [0.15, 0.2) is 47.3 Å². The minimum atomic E-state index is -1.40. The Morgan fingerprint density at radius 2 is 1.74 bits per heavy atom. The van der Waals surface area contributed by atoms with E-state index in [9.17, 15) is 23.5 Å². The number of carbonyl (C=O) groups is 1. The molecule has 0 unspecified atom stereocenters. The molecule has 0 atom stereocenters. The normalized spacial score (nSPS) is 14.1. The highest BCUT2D eigenvalue weighted by Gasteiger charge is 2.20. The second-order valence-electron chi connectivity index (χ2n) is 6.54. The molecular formula is C20H16F2N2O3. The maximum absolute atomic E-state index is 14.4. The van der Waals surface area contributed by atoms with Crippen LogP contribution in [0.3, 0.4) is 0 Å². The molecule has 0 amide bonds. The number of carboxylic acid groups (broad SMARTS) is 1. The van der Waals surface area contributed by atoms with Crippen molar-refractivity contribution in [3.05, 3.63) is 70.0 Å². The molecule has 1 fully saturated rings. The van der Waals surface area contributed by atoms with Crippen molar-refractivity contribution in [1.82, 2.24) is 4.57 Å². The highest BCUT2D eigenvalue weighted by atomic mass is 19.1. The molecule has 0 saturated carbocycles. The van der Waals surface area contributed by atoms with Gasteiger partial charge in [0.05, 0.1) is 11.2 Å². The number of carboxylic acids is 1. The number of aromatic carboxylic acids is 1. The number of hydrogen-bond acceptors (Lipinski definition) is 3. The van der Waals surface area contributed by atoms with Gasteiger partial charge >= 0.3 is 5.97 Å². The Morgan fingerprint density at radius 3 is 2.41 bits per heavy atom. The minimum Gasteiger partial charge on any atom is -0.477 e. The zero-order chi connectivity index (χ0) is 19.1. The lowest BCUT2D eigenvalue weighted by molar-refractivity contribution is 0.0695. The summed E-state index contributed by atoms with van der Waals surface area (Å²) in [6, 6.07) is 9.45. The smallest absolute Gasteiger partial charge is 0.341 e. The average Bonchev–Trinajstić information content (AvgIpc) is 3.16. The first-order chi connectivity index (χ1) is 13.0. The molecule has 2 aromatic carbocycles. The lowest BCUT2D eigenvalue weighted by Gasteiger charge is -2.20. The van der Waals surface area contributed by atoms with Crippen LogP contribution in [0.5, 0.6) is 0 Å². The average molecular weight is 370 g/mol. The fraction of sp³-hybridized carbons (Fsp3) is 0.200. The van der Waals surface area contributed by atoms with Crippen LogP contribution in [-0.2, 0) is 0 Å². The van der Waals surface area contributed by atoms with E-state index in [1.807, 2.05) is 6.07 Å². The summed E-state index contributed by atoms with van der Waals surface area (Å²) in [6.45, 7) is 1.77. The third kappa shape index (κ3) is 2.95. The molecule has 5 nitrogen and oxygen atoms in total. The van der Waals surface area contributed by atoms with Crippen LogP contribution in [0.25, 0.3) is 16.6 Å². The summed E-state index contributed by atoms with van der Waals surface area (Å²) in [7, 11) is 0. The van der Waals surface area contributed by atoms with Gasteiger partial charge in [0.2, 0.25) is 0 Å². The summed E-state index contributed by atoms with van der Waals surface area (Å²) in [4.78, 5) is 26.4. The van der Waals surface area contributed by atoms with Gasteiger partial charge in [-0.15, -0.1) is 0 Å². The summed E-state index contributed by atoms with van der Waals surface area (Å²) in [5, 5.41) is 9.85. The first-order valence-electron chi connectivity index (χ1n) is 8.59. The molecule has 0 spiro atoms.